The van der Waals surface area contributed by atoms with Gasteiger partial charge in [-0.15, -0.1) is 0 Å². The van der Waals surface area contributed by atoms with E-state index in [1.54, 1.807) is 12.1 Å². The van der Waals surface area contributed by atoms with Crippen molar-refractivity contribution in [3.05, 3.63) is 82.9 Å². The van der Waals surface area contributed by atoms with Crippen LogP contribution in [0.1, 0.15) is 40.9 Å². The van der Waals surface area contributed by atoms with Crippen molar-refractivity contribution in [2.75, 3.05) is 6.61 Å². The summed E-state index contributed by atoms with van der Waals surface area (Å²) in [6, 6.07) is 19.2. The van der Waals surface area contributed by atoms with E-state index in [0.29, 0.717) is 36.3 Å². The molecule has 0 radical (unpaired) electrons. The average Bonchev–Trinajstić information content (AvgIpc) is 3.19. The number of benzene rings is 3. The third-order valence-corrected chi connectivity index (χ3v) is 5.34. The third kappa shape index (κ3) is 4.99. The molecule has 1 N–H and O–H groups in total. The number of carbonyl (C=O) groups excluding carboxylic acids is 1. The fourth-order valence-electron chi connectivity index (χ4n) is 3.34. The van der Waals surface area contributed by atoms with E-state index in [0.717, 1.165) is 22.2 Å². The van der Waals surface area contributed by atoms with Gasteiger partial charge in [-0.05, 0) is 78.9 Å². The maximum Gasteiger partial charge on any atom is 0.251 e. The largest absolute Gasteiger partial charge is 0.493 e. The molecule has 164 valence electrons. The first-order valence-corrected chi connectivity index (χ1v) is 10.9. The predicted octanol–water partition coefficient (Wildman–Crippen LogP) is 6.08. The molecular formula is C27H28N2O3. The zero-order valence-corrected chi connectivity index (χ0v) is 18.9. The van der Waals surface area contributed by atoms with Gasteiger partial charge in [-0.2, -0.15) is 0 Å². The summed E-state index contributed by atoms with van der Waals surface area (Å²) >= 11 is 0. The lowest BCUT2D eigenvalue weighted by Gasteiger charge is -2.10. The Hall–Kier alpha value is -3.60. The number of oxazole rings is 1. The number of aromatic nitrogens is 1. The molecule has 4 rings (SSSR count). The first-order chi connectivity index (χ1) is 15.4. The topological polar surface area (TPSA) is 64.4 Å². The van der Waals surface area contributed by atoms with Crippen molar-refractivity contribution in [3.63, 3.8) is 0 Å². The van der Waals surface area contributed by atoms with Crippen LogP contribution in [0.25, 0.3) is 22.6 Å². The Balaban J connectivity index is 1.40. The van der Waals surface area contributed by atoms with Gasteiger partial charge < -0.3 is 14.5 Å². The molecule has 1 aromatic heterocycles. The fourth-order valence-corrected chi connectivity index (χ4v) is 3.34. The van der Waals surface area contributed by atoms with Crippen molar-refractivity contribution in [1.82, 2.24) is 10.3 Å². The monoisotopic (exact) mass is 428 g/mol. The summed E-state index contributed by atoms with van der Waals surface area (Å²) in [6.07, 6.45) is 0. The summed E-state index contributed by atoms with van der Waals surface area (Å²) in [4.78, 5) is 17.2. The second kappa shape index (κ2) is 9.27. The zero-order valence-electron chi connectivity index (χ0n) is 18.9. The number of rotatable bonds is 7. The summed E-state index contributed by atoms with van der Waals surface area (Å²) in [7, 11) is 0. The van der Waals surface area contributed by atoms with Crippen molar-refractivity contribution in [3.8, 4) is 17.2 Å². The van der Waals surface area contributed by atoms with Crippen LogP contribution in [0.15, 0.2) is 65.1 Å². The van der Waals surface area contributed by atoms with Gasteiger partial charge in [0.2, 0.25) is 5.89 Å². The zero-order chi connectivity index (χ0) is 22.7. The van der Waals surface area contributed by atoms with E-state index in [9.17, 15) is 4.79 Å². The Morgan fingerprint density at radius 2 is 1.78 bits per heavy atom. The van der Waals surface area contributed by atoms with E-state index in [1.807, 2.05) is 48.5 Å². The fraction of sp³-hybridized carbons (Fsp3) is 0.259. The third-order valence-electron chi connectivity index (χ3n) is 5.34. The van der Waals surface area contributed by atoms with Gasteiger partial charge in [-0.1, -0.05) is 32.0 Å². The van der Waals surface area contributed by atoms with Crippen molar-refractivity contribution in [1.29, 1.82) is 0 Å². The molecule has 0 atom stereocenters. The quantitative estimate of drug-likeness (QED) is 0.388. The highest BCUT2D eigenvalue weighted by molar-refractivity contribution is 5.94. The van der Waals surface area contributed by atoms with Crippen LogP contribution in [0.5, 0.6) is 5.75 Å². The molecule has 1 amide bonds. The molecule has 0 unspecified atom stereocenters. The van der Waals surface area contributed by atoms with Crippen molar-refractivity contribution in [2.24, 2.45) is 5.92 Å². The molecule has 0 bridgehead atoms. The lowest BCUT2D eigenvalue weighted by Crippen LogP contribution is -2.22. The van der Waals surface area contributed by atoms with Gasteiger partial charge in [0, 0.05) is 17.7 Å². The first kappa shape index (κ1) is 21.6. The number of fused-ring (bicyclic) bond motifs is 1. The number of aryl methyl sites for hydroxylation is 2. The Labute approximate surface area is 188 Å². The van der Waals surface area contributed by atoms with Gasteiger partial charge in [0.1, 0.15) is 11.3 Å². The van der Waals surface area contributed by atoms with Gasteiger partial charge in [0.25, 0.3) is 5.91 Å². The van der Waals surface area contributed by atoms with E-state index in [2.05, 4.69) is 38.0 Å². The molecule has 0 spiro atoms. The van der Waals surface area contributed by atoms with E-state index < -0.39 is 0 Å². The van der Waals surface area contributed by atoms with Gasteiger partial charge >= 0.3 is 0 Å². The molecule has 0 aliphatic rings. The highest BCUT2D eigenvalue weighted by Gasteiger charge is 2.11. The van der Waals surface area contributed by atoms with E-state index in [-0.39, 0.29) is 5.91 Å². The second-order valence-corrected chi connectivity index (χ2v) is 8.54. The standard InChI is InChI=1S/C27H28N2O3/c1-17(2)16-31-23-7-5-6-22(14-23)26(30)28-15-20-8-10-21(11-9-20)27-29-24-12-18(3)19(4)13-25(24)32-27/h5-14,17H,15-16H2,1-4H3,(H,28,30). The number of nitrogens with zero attached hydrogens (tertiary/aromatic N) is 1. The number of hydrogen-bond acceptors (Lipinski definition) is 4. The van der Waals surface area contributed by atoms with Crippen LogP contribution in [0.3, 0.4) is 0 Å². The van der Waals surface area contributed by atoms with Crippen LogP contribution in [-0.4, -0.2) is 17.5 Å². The Kier molecular flexibility index (Phi) is 6.26. The average molecular weight is 429 g/mol. The number of carbonyl (C=O) groups is 1. The molecule has 0 saturated heterocycles. The Morgan fingerprint density at radius 3 is 2.53 bits per heavy atom. The van der Waals surface area contributed by atoms with Crippen LogP contribution in [0.4, 0.5) is 0 Å². The van der Waals surface area contributed by atoms with Gasteiger partial charge in [-0.25, -0.2) is 4.98 Å². The highest BCUT2D eigenvalue weighted by Crippen LogP contribution is 2.26. The summed E-state index contributed by atoms with van der Waals surface area (Å²) in [6.45, 7) is 9.37. The number of amides is 1. The normalized spacial score (nSPS) is 11.2. The van der Waals surface area contributed by atoms with Crippen molar-refractivity contribution >= 4 is 17.0 Å². The van der Waals surface area contributed by atoms with Crippen LogP contribution in [0.2, 0.25) is 0 Å². The van der Waals surface area contributed by atoms with E-state index in [4.69, 9.17) is 9.15 Å². The molecule has 3 aromatic carbocycles. The van der Waals surface area contributed by atoms with Crippen LogP contribution in [-0.2, 0) is 6.54 Å². The minimum Gasteiger partial charge on any atom is -0.493 e. The van der Waals surface area contributed by atoms with Crippen LogP contribution >= 0.6 is 0 Å². The first-order valence-electron chi connectivity index (χ1n) is 10.9. The number of hydrogen-bond donors (Lipinski definition) is 1. The van der Waals surface area contributed by atoms with Gasteiger partial charge in [0.15, 0.2) is 5.58 Å². The number of ether oxygens (including phenoxy) is 1. The lowest BCUT2D eigenvalue weighted by molar-refractivity contribution is 0.0950. The highest BCUT2D eigenvalue weighted by atomic mass is 16.5. The van der Waals surface area contributed by atoms with Crippen LogP contribution < -0.4 is 10.1 Å². The van der Waals surface area contributed by atoms with E-state index in [1.165, 1.54) is 11.1 Å². The molecule has 5 heteroatoms. The smallest absolute Gasteiger partial charge is 0.251 e. The van der Waals surface area contributed by atoms with Crippen molar-refractivity contribution in [2.45, 2.75) is 34.2 Å². The predicted molar refractivity (Wildman–Crippen MR) is 127 cm³/mol. The minimum absolute atomic E-state index is 0.131. The summed E-state index contributed by atoms with van der Waals surface area (Å²) < 4.78 is 11.7. The summed E-state index contributed by atoms with van der Waals surface area (Å²) in [5.41, 5.74) is 6.51. The maximum atomic E-state index is 12.6. The molecular weight excluding hydrogens is 400 g/mol. The molecule has 0 aliphatic heterocycles. The molecule has 0 saturated carbocycles. The molecule has 4 aromatic rings. The Morgan fingerprint density at radius 1 is 1.03 bits per heavy atom. The molecule has 1 heterocycles. The molecule has 5 nitrogen and oxygen atoms in total. The van der Waals surface area contributed by atoms with Crippen molar-refractivity contribution < 1.29 is 13.9 Å². The lowest BCUT2D eigenvalue weighted by atomic mass is 10.1. The molecule has 0 aliphatic carbocycles. The number of nitrogens with one attached hydrogen (secondary N) is 1. The SMILES string of the molecule is Cc1cc2nc(-c3ccc(CNC(=O)c4cccc(OCC(C)C)c4)cc3)oc2cc1C. The van der Waals surface area contributed by atoms with Gasteiger partial charge in [-0.3, -0.25) is 4.79 Å². The second-order valence-electron chi connectivity index (χ2n) is 8.54. The molecule has 0 fully saturated rings. The van der Waals surface area contributed by atoms with E-state index >= 15 is 0 Å². The molecule has 32 heavy (non-hydrogen) atoms. The minimum atomic E-state index is -0.131. The summed E-state index contributed by atoms with van der Waals surface area (Å²) in [5, 5.41) is 2.97. The van der Waals surface area contributed by atoms with Gasteiger partial charge in [0.05, 0.1) is 6.61 Å². The summed E-state index contributed by atoms with van der Waals surface area (Å²) in [5.74, 6) is 1.60. The Bertz CT molecular complexity index is 1200. The maximum absolute atomic E-state index is 12.6. The van der Waals surface area contributed by atoms with Crippen LogP contribution in [0, 0.1) is 19.8 Å².